The normalized spacial score (nSPS) is 25.0. The molecule has 0 N–H and O–H groups in total. The minimum Gasteiger partial charge on any atom is -0.348 e. The summed E-state index contributed by atoms with van der Waals surface area (Å²) in [6, 6.07) is 4.44. The van der Waals surface area contributed by atoms with Crippen LogP contribution < -0.4 is 0 Å². The fourth-order valence-electron chi connectivity index (χ4n) is 3.58. The maximum absolute atomic E-state index is 13.5. The van der Waals surface area contributed by atoms with Gasteiger partial charge in [-0.2, -0.15) is 0 Å². The average molecular weight is 383 g/mol. The van der Waals surface area contributed by atoms with Gasteiger partial charge in [0.2, 0.25) is 5.91 Å². The van der Waals surface area contributed by atoms with Gasteiger partial charge in [0.15, 0.2) is 9.84 Å². The predicted octanol–water partition coefficient (Wildman–Crippen LogP) is -0.163. The fourth-order valence-corrected chi connectivity index (χ4v) is 5.59. The second-order valence-corrected chi connectivity index (χ2v) is 9.13. The molecule has 0 unspecified atom stereocenters. The van der Waals surface area contributed by atoms with Gasteiger partial charge in [-0.05, 0) is 18.2 Å². The third-order valence-electron chi connectivity index (χ3n) is 4.96. The van der Waals surface area contributed by atoms with Crippen LogP contribution in [0.3, 0.4) is 0 Å². The highest BCUT2D eigenvalue weighted by atomic mass is 32.2. The highest BCUT2D eigenvalue weighted by Gasteiger charge is 2.48. The molecule has 0 aromatic heterocycles. The number of carbonyl (C=O) groups is 2. The molecule has 2 aliphatic rings. The summed E-state index contributed by atoms with van der Waals surface area (Å²) in [4.78, 5) is 29.7. The molecule has 2 fully saturated rings. The van der Waals surface area contributed by atoms with E-state index in [4.69, 9.17) is 0 Å². The van der Waals surface area contributed by atoms with E-state index < -0.39 is 27.7 Å². The zero-order chi connectivity index (χ0) is 19.1. The number of hydrogen-bond acceptors (Lipinski definition) is 5. The number of hydrogen-bond donors (Lipinski definition) is 0. The van der Waals surface area contributed by atoms with Crippen molar-refractivity contribution in [3.63, 3.8) is 0 Å². The summed E-state index contributed by atoms with van der Waals surface area (Å²) < 4.78 is 37.9. The molecule has 0 radical (unpaired) electrons. The van der Waals surface area contributed by atoms with Crippen LogP contribution in [0.4, 0.5) is 4.39 Å². The van der Waals surface area contributed by atoms with Gasteiger partial charge in [0.1, 0.15) is 5.82 Å². The highest BCUT2D eigenvalue weighted by molar-refractivity contribution is 7.91. The van der Waals surface area contributed by atoms with Gasteiger partial charge < -0.3 is 9.80 Å². The van der Waals surface area contributed by atoms with Gasteiger partial charge in [-0.25, -0.2) is 12.8 Å². The largest absolute Gasteiger partial charge is 0.348 e. The van der Waals surface area contributed by atoms with E-state index >= 15 is 0 Å². The predicted molar refractivity (Wildman–Crippen MR) is 93.9 cm³/mol. The molecule has 0 saturated carbocycles. The summed E-state index contributed by atoms with van der Waals surface area (Å²) in [5.74, 6) is -1.22. The molecule has 1 aromatic rings. The Kier molecular flexibility index (Phi) is 5.03. The number of amides is 2. The van der Waals surface area contributed by atoms with E-state index in [0.717, 1.165) is 6.07 Å². The summed E-state index contributed by atoms with van der Waals surface area (Å²) in [5.41, 5.74) is 0.200. The lowest BCUT2D eigenvalue weighted by atomic mass is 10.0. The van der Waals surface area contributed by atoms with E-state index in [1.807, 2.05) is 4.90 Å². The molecule has 142 valence electrons. The first-order valence-corrected chi connectivity index (χ1v) is 10.2. The molecule has 0 bridgehead atoms. The molecule has 7 nitrogen and oxygen atoms in total. The summed E-state index contributed by atoms with van der Waals surface area (Å²) in [6.07, 6.45) is 0. The Morgan fingerprint density at radius 1 is 1.19 bits per heavy atom. The third kappa shape index (κ3) is 3.73. The van der Waals surface area contributed by atoms with Crippen LogP contribution in [-0.4, -0.2) is 92.3 Å². The maximum Gasteiger partial charge on any atom is 0.254 e. The Balaban J connectivity index is 1.85. The SMILES string of the molecule is CN(C)C(=O)CN1CCN(C(=O)c2cccc(F)c2)[C@H]2CS(=O)(=O)C[C@H]21. The van der Waals surface area contributed by atoms with Gasteiger partial charge in [0, 0.05) is 38.8 Å². The summed E-state index contributed by atoms with van der Waals surface area (Å²) in [6.45, 7) is 0.815. The first kappa shape index (κ1) is 18.8. The second kappa shape index (κ2) is 6.96. The Bertz CT molecular complexity index is 827. The van der Waals surface area contributed by atoms with Crippen molar-refractivity contribution in [2.75, 3.05) is 45.2 Å². The number of fused-ring (bicyclic) bond motifs is 1. The molecule has 2 saturated heterocycles. The van der Waals surface area contributed by atoms with Crippen molar-refractivity contribution in [1.29, 1.82) is 0 Å². The van der Waals surface area contributed by atoms with E-state index in [9.17, 15) is 22.4 Å². The van der Waals surface area contributed by atoms with Crippen molar-refractivity contribution in [2.24, 2.45) is 0 Å². The van der Waals surface area contributed by atoms with E-state index in [1.54, 1.807) is 14.1 Å². The Morgan fingerprint density at radius 2 is 1.88 bits per heavy atom. The van der Waals surface area contributed by atoms with Gasteiger partial charge in [-0.15, -0.1) is 0 Å². The van der Waals surface area contributed by atoms with Crippen molar-refractivity contribution < 1.29 is 22.4 Å². The molecule has 0 spiro atoms. The van der Waals surface area contributed by atoms with Crippen LogP contribution in [0.5, 0.6) is 0 Å². The molecule has 9 heteroatoms. The lowest BCUT2D eigenvalue weighted by Crippen LogP contribution is -2.61. The van der Waals surface area contributed by atoms with Crippen molar-refractivity contribution in [3.05, 3.63) is 35.6 Å². The summed E-state index contributed by atoms with van der Waals surface area (Å²) in [7, 11) is -0.0136. The van der Waals surface area contributed by atoms with Crippen LogP contribution in [0, 0.1) is 5.82 Å². The Labute approximate surface area is 152 Å². The smallest absolute Gasteiger partial charge is 0.254 e. The van der Waals surface area contributed by atoms with Gasteiger partial charge in [-0.3, -0.25) is 14.5 Å². The molecule has 2 amide bonds. The zero-order valence-corrected chi connectivity index (χ0v) is 15.6. The zero-order valence-electron chi connectivity index (χ0n) is 14.8. The van der Waals surface area contributed by atoms with Gasteiger partial charge in [-0.1, -0.05) is 6.07 Å². The first-order chi connectivity index (χ1) is 12.2. The molecule has 3 rings (SSSR count). The maximum atomic E-state index is 13.5. The van der Waals surface area contributed by atoms with Gasteiger partial charge >= 0.3 is 0 Å². The van der Waals surface area contributed by atoms with E-state index in [0.29, 0.717) is 13.1 Å². The van der Waals surface area contributed by atoms with Crippen LogP contribution in [-0.2, 0) is 14.6 Å². The molecular weight excluding hydrogens is 361 g/mol. The molecular formula is C17H22FN3O4S. The van der Waals surface area contributed by atoms with Crippen LogP contribution >= 0.6 is 0 Å². The Morgan fingerprint density at radius 3 is 2.54 bits per heavy atom. The molecule has 0 aliphatic carbocycles. The Hall–Kier alpha value is -2.00. The van der Waals surface area contributed by atoms with Crippen molar-refractivity contribution in [2.45, 2.75) is 12.1 Å². The monoisotopic (exact) mass is 383 g/mol. The number of rotatable bonds is 3. The highest BCUT2D eigenvalue weighted by Crippen LogP contribution is 2.28. The van der Waals surface area contributed by atoms with Crippen molar-refractivity contribution >= 4 is 21.7 Å². The standard InChI is InChI=1S/C17H22FN3O4S/c1-19(2)16(22)9-20-6-7-21(15-11-26(24,25)10-14(15)20)17(23)12-4-3-5-13(18)8-12/h3-5,8,14-15H,6-7,9-11H2,1-2H3/t14-,15+/m1/s1. The van der Waals surface area contributed by atoms with Crippen LogP contribution in [0.1, 0.15) is 10.4 Å². The minimum absolute atomic E-state index is 0.0781. The number of carbonyl (C=O) groups excluding carboxylic acids is 2. The number of halogens is 1. The molecule has 1 aromatic carbocycles. The van der Waals surface area contributed by atoms with E-state index in [1.165, 1.54) is 28.0 Å². The van der Waals surface area contributed by atoms with E-state index in [2.05, 4.69) is 0 Å². The number of nitrogens with zero attached hydrogens (tertiary/aromatic N) is 3. The molecule has 2 heterocycles. The van der Waals surface area contributed by atoms with Crippen LogP contribution in [0.15, 0.2) is 24.3 Å². The summed E-state index contributed by atoms with van der Waals surface area (Å²) in [5, 5.41) is 0. The molecule has 26 heavy (non-hydrogen) atoms. The molecule has 2 atom stereocenters. The second-order valence-electron chi connectivity index (χ2n) is 6.98. The van der Waals surface area contributed by atoms with E-state index in [-0.39, 0.29) is 35.4 Å². The van der Waals surface area contributed by atoms with Crippen LogP contribution in [0.25, 0.3) is 0 Å². The third-order valence-corrected chi connectivity index (χ3v) is 6.66. The lowest BCUT2D eigenvalue weighted by Gasteiger charge is -2.43. The average Bonchev–Trinajstić information content (AvgIpc) is 2.89. The quantitative estimate of drug-likeness (QED) is 0.725. The summed E-state index contributed by atoms with van der Waals surface area (Å²) >= 11 is 0. The van der Waals surface area contributed by atoms with Crippen molar-refractivity contribution in [1.82, 2.24) is 14.7 Å². The topological polar surface area (TPSA) is 78.0 Å². The van der Waals surface area contributed by atoms with Gasteiger partial charge in [0.05, 0.1) is 24.1 Å². The minimum atomic E-state index is -3.31. The number of benzene rings is 1. The lowest BCUT2D eigenvalue weighted by molar-refractivity contribution is -0.131. The fraction of sp³-hybridized carbons (Fsp3) is 0.529. The molecule has 2 aliphatic heterocycles. The number of likely N-dealkylation sites (N-methyl/N-ethyl adjacent to an activating group) is 1. The van der Waals surface area contributed by atoms with Crippen LogP contribution in [0.2, 0.25) is 0 Å². The first-order valence-electron chi connectivity index (χ1n) is 8.39. The van der Waals surface area contributed by atoms with Gasteiger partial charge in [0.25, 0.3) is 5.91 Å². The number of sulfone groups is 1. The number of piperazine rings is 1. The van der Waals surface area contributed by atoms with Crippen molar-refractivity contribution in [3.8, 4) is 0 Å².